The average molecular weight is 361 g/mol. The number of rotatable bonds is 4. The van der Waals surface area contributed by atoms with E-state index >= 15 is 0 Å². The van der Waals surface area contributed by atoms with Gasteiger partial charge in [-0.15, -0.1) is 13.2 Å². The van der Waals surface area contributed by atoms with Crippen LogP contribution in [0.3, 0.4) is 0 Å². The minimum Gasteiger partial charge on any atom is -0.478 e. The molecule has 0 saturated heterocycles. The van der Waals surface area contributed by atoms with E-state index in [-0.39, 0.29) is 21.7 Å². The molecule has 0 aliphatic carbocycles. The van der Waals surface area contributed by atoms with Crippen LogP contribution in [0.2, 0.25) is 5.02 Å². The highest BCUT2D eigenvalue weighted by molar-refractivity contribution is 6.33. The molecule has 0 unspecified atom stereocenters. The predicted octanol–water partition coefficient (Wildman–Crippen LogP) is 4.30. The van der Waals surface area contributed by atoms with E-state index in [0.29, 0.717) is 0 Å². The van der Waals surface area contributed by atoms with Crippen molar-refractivity contribution in [3.63, 3.8) is 0 Å². The summed E-state index contributed by atoms with van der Waals surface area (Å²) in [6.45, 7) is 0. The van der Waals surface area contributed by atoms with Crippen molar-refractivity contribution in [1.82, 2.24) is 0 Å². The maximum absolute atomic E-state index is 12.3. The van der Waals surface area contributed by atoms with Crippen molar-refractivity contribution in [2.75, 3.05) is 0 Å². The highest BCUT2D eigenvalue weighted by atomic mass is 35.5. The Morgan fingerprint density at radius 1 is 1.00 bits per heavy atom. The molecular formula is C15H8ClF3O5. The summed E-state index contributed by atoms with van der Waals surface area (Å²) >= 11 is 5.96. The molecule has 24 heavy (non-hydrogen) atoms. The van der Waals surface area contributed by atoms with Gasteiger partial charge in [0, 0.05) is 10.6 Å². The van der Waals surface area contributed by atoms with Gasteiger partial charge in [0.05, 0.1) is 5.56 Å². The van der Waals surface area contributed by atoms with Crippen molar-refractivity contribution in [1.29, 1.82) is 0 Å². The second kappa shape index (κ2) is 6.40. The van der Waals surface area contributed by atoms with Gasteiger partial charge >= 0.3 is 18.3 Å². The van der Waals surface area contributed by atoms with Gasteiger partial charge in [-0.1, -0.05) is 23.7 Å². The minimum absolute atomic E-state index is 0.00993. The standard InChI is InChI=1S/C15H8ClF3O5/c16-11-6-8(13(20)21)1-3-9(11)7-2-4-12(24-15(17,18)19)10(5-7)14(22)23/h1-6H,(H,20,21)(H,22,23). The molecule has 2 rings (SSSR count). The Balaban J connectivity index is 2.51. The van der Waals surface area contributed by atoms with E-state index in [1.165, 1.54) is 18.2 Å². The highest BCUT2D eigenvalue weighted by Crippen LogP contribution is 2.34. The van der Waals surface area contributed by atoms with E-state index in [1.807, 2.05) is 0 Å². The molecule has 126 valence electrons. The zero-order valence-electron chi connectivity index (χ0n) is 11.6. The minimum atomic E-state index is -5.04. The first-order valence-electron chi connectivity index (χ1n) is 6.25. The molecule has 0 spiro atoms. The fourth-order valence-electron chi connectivity index (χ4n) is 1.96. The molecule has 9 heteroatoms. The molecule has 0 radical (unpaired) electrons. The van der Waals surface area contributed by atoms with Gasteiger partial charge < -0.3 is 14.9 Å². The summed E-state index contributed by atoms with van der Waals surface area (Å²) in [6.07, 6.45) is -5.04. The van der Waals surface area contributed by atoms with E-state index in [0.717, 1.165) is 18.2 Å². The van der Waals surface area contributed by atoms with Crippen molar-refractivity contribution in [3.05, 3.63) is 52.5 Å². The Morgan fingerprint density at radius 2 is 1.67 bits per heavy atom. The second-order valence-electron chi connectivity index (χ2n) is 4.56. The molecule has 2 N–H and O–H groups in total. The Kier molecular flexibility index (Phi) is 4.70. The van der Waals surface area contributed by atoms with Crippen LogP contribution in [0.25, 0.3) is 11.1 Å². The normalized spacial score (nSPS) is 11.2. The number of carboxylic acid groups (broad SMARTS) is 2. The molecule has 0 aliphatic rings. The summed E-state index contributed by atoms with van der Waals surface area (Å²) < 4.78 is 40.6. The van der Waals surface area contributed by atoms with Gasteiger partial charge in [0.2, 0.25) is 0 Å². The van der Waals surface area contributed by atoms with E-state index in [9.17, 15) is 22.8 Å². The molecule has 5 nitrogen and oxygen atoms in total. The first-order chi connectivity index (χ1) is 11.1. The summed E-state index contributed by atoms with van der Waals surface area (Å²) in [5, 5.41) is 17.9. The molecule has 0 heterocycles. The Labute approximate surface area is 137 Å². The number of ether oxygens (including phenoxy) is 1. The van der Waals surface area contributed by atoms with E-state index in [1.54, 1.807) is 0 Å². The molecule has 0 aromatic heterocycles. The van der Waals surface area contributed by atoms with E-state index in [4.69, 9.17) is 21.8 Å². The Bertz CT molecular complexity index is 817. The quantitative estimate of drug-likeness (QED) is 0.849. The second-order valence-corrected chi connectivity index (χ2v) is 4.97. The van der Waals surface area contributed by atoms with Crippen LogP contribution >= 0.6 is 11.6 Å². The number of benzene rings is 2. The number of alkyl halides is 3. The number of halogens is 4. The molecule has 0 amide bonds. The smallest absolute Gasteiger partial charge is 0.478 e. The highest BCUT2D eigenvalue weighted by Gasteiger charge is 2.33. The summed E-state index contributed by atoms with van der Waals surface area (Å²) in [6, 6.07) is 6.73. The lowest BCUT2D eigenvalue weighted by molar-refractivity contribution is -0.274. The van der Waals surface area contributed by atoms with Crippen LogP contribution in [0.5, 0.6) is 5.75 Å². The lowest BCUT2D eigenvalue weighted by atomic mass is 10.0. The Morgan fingerprint density at radius 3 is 2.17 bits per heavy atom. The topological polar surface area (TPSA) is 83.8 Å². The van der Waals surface area contributed by atoms with E-state index in [2.05, 4.69) is 4.74 Å². The van der Waals surface area contributed by atoms with Crippen LogP contribution in [0, 0.1) is 0 Å². The van der Waals surface area contributed by atoms with Crippen LogP contribution in [0.4, 0.5) is 13.2 Å². The van der Waals surface area contributed by atoms with Gasteiger partial charge in [0.15, 0.2) is 0 Å². The van der Waals surface area contributed by atoms with Crippen molar-refractivity contribution in [2.24, 2.45) is 0 Å². The monoisotopic (exact) mass is 360 g/mol. The molecule has 0 bridgehead atoms. The van der Waals surface area contributed by atoms with Gasteiger partial charge in [-0.25, -0.2) is 9.59 Å². The summed E-state index contributed by atoms with van der Waals surface area (Å²) in [4.78, 5) is 22.0. The zero-order chi connectivity index (χ0) is 18.1. The molecule has 2 aromatic rings. The fraction of sp³-hybridized carbons (Fsp3) is 0.0667. The SMILES string of the molecule is O=C(O)c1ccc(-c2ccc(OC(F)(F)F)c(C(=O)O)c2)c(Cl)c1. The van der Waals surface area contributed by atoms with Crippen LogP contribution in [0.1, 0.15) is 20.7 Å². The molecule has 0 aliphatic heterocycles. The third-order valence-corrected chi connectivity index (χ3v) is 3.28. The zero-order valence-corrected chi connectivity index (χ0v) is 12.4. The number of aromatic carboxylic acids is 2. The molecule has 0 fully saturated rings. The average Bonchev–Trinajstić information content (AvgIpc) is 2.45. The van der Waals surface area contributed by atoms with Crippen molar-refractivity contribution in [3.8, 4) is 16.9 Å². The van der Waals surface area contributed by atoms with Gasteiger partial charge in [-0.3, -0.25) is 0 Å². The number of hydrogen-bond donors (Lipinski definition) is 2. The van der Waals surface area contributed by atoms with E-state index < -0.39 is 29.6 Å². The van der Waals surface area contributed by atoms with Gasteiger partial charge in [-0.05, 0) is 29.8 Å². The molecule has 2 aromatic carbocycles. The van der Waals surface area contributed by atoms with Crippen LogP contribution in [0.15, 0.2) is 36.4 Å². The first-order valence-corrected chi connectivity index (χ1v) is 6.62. The van der Waals surface area contributed by atoms with Gasteiger partial charge in [0.1, 0.15) is 11.3 Å². The molecule has 0 saturated carbocycles. The van der Waals surface area contributed by atoms with Gasteiger partial charge in [0.25, 0.3) is 0 Å². The largest absolute Gasteiger partial charge is 0.573 e. The van der Waals surface area contributed by atoms with Crippen LogP contribution in [-0.2, 0) is 0 Å². The van der Waals surface area contributed by atoms with Crippen molar-refractivity contribution in [2.45, 2.75) is 6.36 Å². The summed E-state index contributed by atoms with van der Waals surface area (Å²) in [5.41, 5.74) is -0.325. The Hall–Kier alpha value is -2.74. The molecular weight excluding hydrogens is 353 g/mol. The maximum atomic E-state index is 12.3. The summed E-state index contributed by atoms with van der Waals surface area (Å²) in [5.74, 6) is -3.69. The summed E-state index contributed by atoms with van der Waals surface area (Å²) in [7, 11) is 0. The third-order valence-electron chi connectivity index (χ3n) is 2.96. The maximum Gasteiger partial charge on any atom is 0.573 e. The number of carbonyl (C=O) groups is 2. The van der Waals surface area contributed by atoms with Gasteiger partial charge in [-0.2, -0.15) is 0 Å². The lowest BCUT2D eigenvalue weighted by Gasteiger charge is -2.13. The number of hydrogen-bond acceptors (Lipinski definition) is 3. The fourth-order valence-corrected chi connectivity index (χ4v) is 2.25. The van der Waals surface area contributed by atoms with Crippen LogP contribution < -0.4 is 4.74 Å². The number of carboxylic acids is 2. The van der Waals surface area contributed by atoms with Crippen LogP contribution in [-0.4, -0.2) is 28.5 Å². The van der Waals surface area contributed by atoms with Crippen molar-refractivity contribution >= 4 is 23.5 Å². The van der Waals surface area contributed by atoms with Crippen molar-refractivity contribution < 1.29 is 37.7 Å². The molecule has 0 atom stereocenters. The lowest BCUT2D eigenvalue weighted by Crippen LogP contribution is -2.19. The predicted molar refractivity (Wildman–Crippen MR) is 77.5 cm³/mol. The first kappa shape index (κ1) is 17.6. The third kappa shape index (κ3) is 3.96.